The summed E-state index contributed by atoms with van der Waals surface area (Å²) in [6, 6.07) is 12.1. The van der Waals surface area contributed by atoms with Crippen LogP contribution in [-0.4, -0.2) is 72.0 Å². The van der Waals surface area contributed by atoms with Crippen LogP contribution in [0.15, 0.2) is 53.7 Å². The summed E-state index contributed by atoms with van der Waals surface area (Å²) in [7, 11) is 1.67. The van der Waals surface area contributed by atoms with Gasteiger partial charge in [0.05, 0.1) is 0 Å². The number of likely N-dealkylation sites (N-methyl/N-ethyl adjacent to an activating group) is 1. The van der Waals surface area contributed by atoms with Gasteiger partial charge in [0.25, 0.3) is 0 Å². The van der Waals surface area contributed by atoms with Gasteiger partial charge in [0, 0.05) is 0 Å². The molecule has 1 aromatic carbocycles. The molecule has 2 heterocycles. The number of aliphatic hydroxyl groups excluding tert-OH is 1. The number of aromatic nitrogens is 1. The number of amides is 2. The zero-order valence-electron chi connectivity index (χ0n) is 18.4. The monoisotopic (exact) mass is 497 g/mol. The number of hydrogen-bond donors (Lipinski definition) is 2. The van der Waals surface area contributed by atoms with Gasteiger partial charge in [0.2, 0.25) is 0 Å². The van der Waals surface area contributed by atoms with E-state index in [0.29, 0.717) is 17.1 Å². The Kier molecular flexibility index (Phi) is 7.59. The number of anilines is 1. The number of benzene rings is 1. The van der Waals surface area contributed by atoms with Crippen LogP contribution in [0.25, 0.3) is 0 Å². The molecule has 1 aliphatic rings. The van der Waals surface area contributed by atoms with E-state index in [1.165, 1.54) is 4.90 Å². The third-order valence-corrected chi connectivity index (χ3v) is 7.68. The van der Waals surface area contributed by atoms with Gasteiger partial charge in [-0.15, -0.1) is 0 Å². The standard InChI is InChI=1S/C23H26AsN4O4/c1-13(2)19(29)22(31)26-14(3)21(30)24-20-23(32)28(4)17-11-6-5-9-15(17)18(27-20)16-10-7-8-12-25-16/h5-14,19-20,29H,1-4H3,(H,26,31)/t14-,19?,20?/m0/s1. The first-order chi connectivity index (χ1) is 15.2. The summed E-state index contributed by atoms with van der Waals surface area (Å²) in [4.78, 5) is 48.0. The van der Waals surface area contributed by atoms with Gasteiger partial charge in [-0.05, 0) is 0 Å². The van der Waals surface area contributed by atoms with Crippen molar-refractivity contribution in [2.24, 2.45) is 10.9 Å². The molecule has 0 bridgehead atoms. The normalized spacial score (nSPS) is 18.2. The fraction of sp³-hybridized carbons (Fsp3) is 0.348. The van der Waals surface area contributed by atoms with Gasteiger partial charge in [-0.1, -0.05) is 0 Å². The van der Waals surface area contributed by atoms with Crippen molar-refractivity contribution in [3.05, 3.63) is 59.9 Å². The molecule has 3 rings (SSSR count). The topological polar surface area (TPSA) is 112 Å². The molecule has 2 amide bonds. The molecule has 0 saturated heterocycles. The molecule has 1 aromatic heterocycles. The summed E-state index contributed by atoms with van der Waals surface area (Å²) in [6.45, 7) is 4.99. The molecule has 0 fully saturated rings. The SMILES string of the molecule is CC(C)C(O)C(=O)N[C@@H](C)C(=O)[As]C1N=C(c2ccccn2)c2ccccc2N(C)C1=O. The van der Waals surface area contributed by atoms with Crippen molar-refractivity contribution >= 4 is 43.5 Å². The summed E-state index contributed by atoms with van der Waals surface area (Å²) < 4.78 is -0.257. The Morgan fingerprint density at radius 1 is 1.12 bits per heavy atom. The van der Waals surface area contributed by atoms with Crippen molar-refractivity contribution in [1.82, 2.24) is 10.3 Å². The van der Waals surface area contributed by atoms with Crippen LogP contribution in [0.3, 0.4) is 0 Å². The maximum absolute atomic E-state index is 13.2. The molecule has 32 heavy (non-hydrogen) atoms. The number of hydrogen-bond acceptors (Lipinski definition) is 6. The van der Waals surface area contributed by atoms with Crippen LogP contribution in [0.4, 0.5) is 5.69 Å². The average Bonchev–Trinajstić information content (AvgIpc) is 2.89. The fourth-order valence-electron chi connectivity index (χ4n) is 3.19. The molecule has 2 aromatic rings. The number of rotatable bonds is 7. The Balaban J connectivity index is 1.90. The second-order valence-electron chi connectivity index (χ2n) is 7.87. The molecule has 167 valence electrons. The number of nitrogens with zero attached hydrogens (tertiary/aromatic N) is 3. The minimum atomic E-state index is -1.24. The van der Waals surface area contributed by atoms with E-state index in [2.05, 4.69) is 10.3 Å². The molecule has 8 nitrogen and oxygen atoms in total. The van der Waals surface area contributed by atoms with Crippen molar-refractivity contribution in [2.75, 3.05) is 11.9 Å². The van der Waals surface area contributed by atoms with E-state index in [1.54, 1.807) is 40.1 Å². The Hall–Kier alpha value is -2.83. The first kappa shape index (κ1) is 23.8. The number of para-hydroxylation sites is 1. The van der Waals surface area contributed by atoms with Crippen molar-refractivity contribution in [2.45, 2.75) is 37.7 Å². The molecule has 0 spiro atoms. The zero-order chi connectivity index (χ0) is 23.4. The minimum absolute atomic E-state index is 0.257. The van der Waals surface area contributed by atoms with Crippen LogP contribution in [0.2, 0.25) is 0 Å². The molecular weight excluding hydrogens is 471 g/mol. The van der Waals surface area contributed by atoms with Gasteiger partial charge < -0.3 is 0 Å². The molecule has 1 aliphatic heterocycles. The number of benzodiazepines with no additional fused rings is 1. The number of aliphatic imine (C=N–C) groups is 1. The van der Waals surface area contributed by atoms with Crippen LogP contribution in [0.1, 0.15) is 32.0 Å². The third kappa shape index (κ3) is 5.14. The van der Waals surface area contributed by atoms with Crippen LogP contribution >= 0.6 is 0 Å². The van der Waals surface area contributed by atoms with E-state index >= 15 is 0 Å². The van der Waals surface area contributed by atoms with Gasteiger partial charge in [-0.3, -0.25) is 0 Å². The molecule has 9 heteroatoms. The van der Waals surface area contributed by atoms with E-state index < -0.39 is 38.6 Å². The second-order valence-corrected chi connectivity index (χ2v) is 10.4. The molecule has 1 radical (unpaired) electrons. The number of fused-ring (bicyclic) bond motifs is 1. The summed E-state index contributed by atoms with van der Waals surface area (Å²) in [5.41, 5.74) is 2.63. The van der Waals surface area contributed by atoms with Crippen LogP contribution < -0.4 is 10.2 Å². The molecule has 3 atom stereocenters. The Labute approximate surface area is 193 Å². The van der Waals surface area contributed by atoms with Gasteiger partial charge in [-0.25, -0.2) is 0 Å². The molecule has 0 aliphatic carbocycles. The number of carbonyl (C=O) groups excluding carboxylic acids is 3. The van der Waals surface area contributed by atoms with E-state index in [1.807, 2.05) is 36.4 Å². The maximum atomic E-state index is 13.2. The fourth-order valence-corrected chi connectivity index (χ4v) is 5.26. The van der Waals surface area contributed by atoms with Gasteiger partial charge in [-0.2, -0.15) is 0 Å². The van der Waals surface area contributed by atoms with Crippen LogP contribution in [-0.2, 0) is 14.4 Å². The van der Waals surface area contributed by atoms with Gasteiger partial charge in [0.15, 0.2) is 0 Å². The number of aliphatic hydroxyl groups is 1. The van der Waals surface area contributed by atoms with E-state index in [0.717, 1.165) is 5.56 Å². The van der Waals surface area contributed by atoms with E-state index in [4.69, 9.17) is 4.99 Å². The first-order valence-corrected chi connectivity index (χ1v) is 12.3. The Bertz CT molecular complexity index is 1040. The summed E-state index contributed by atoms with van der Waals surface area (Å²) in [5, 5.41) is 12.5. The summed E-state index contributed by atoms with van der Waals surface area (Å²) in [5.74, 6) is -1.15. The van der Waals surface area contributed by atoms with Gasteiger partial charge in [0.1, 0.15) is 0 Å². The van der Waals surface area contributed by atoms with Crippen molar-refractivity contribution in [1.29, 1.82) is 0 Å². The first-order valence-electron chi connectivity index (χ1n) is 10.3. The van der Waals surface area contributed by atoms with Gasteiger partial charge >= 0.3 is 194 Å². The third-order valence-electron chi connectivity index (χ3n) is 5.11. The predicted molar refractivity (Wildman–Crippen MR) is 123 cm³/mol. The molecule has 2 unspecified atom stereocenters. The zero-order valence-corrected chi connectivity index (χ0v) is 20.3. The number of pyridine rings is 1. The van der Waals surface area contributed by atoms with Crippen LogP contribution in [0, 0.1) is 5.92 Å². The summed E-state index contributed by atoms with van der Waals surface area (Å²) >= 11 is -1.24. The summed E-state index contributed by atoms with van der Waals surface area (Å²) in [6.07, 6.45) is 0.456. The van der Waals surface area contributed by atoms with Crippen LogP contribution in [0.5, 0.6) is 0 Å². The molecular formula is C23H26AsN4O4. The Morgan fingerprint density at radius 2 is 1.81 bits per heavy atom. The van der Waals surface area contributed by atoms with Crippen molar-refractivity contribution in [3.63, 3.8) is 0 Å². The van der Waals surface area contributed by atoms with Crippen molar-refractivity contribution in [3.8, 4) is 0 Å². The Morgan fingerprint density at radius 3 is 2.47 bits per heavy atom. The van der Waals surface area contributed by atoms with Crippen molar-refractivity contribution < 1.29 is 19.5 Å². The second kappa shape index (κ2) is 10.2. The van der Waals surface area contributed by atoms with E-state index in [9.17, 15) is 19.5 Å². The van der Waals surface area contributed by atoms with E-state index in [-0.39, 0.29) is 16.4 Å². The molecule has 0 saturated carbocycles. The molecule has 2 N–H and O–H groups in total. The average molecular weight is 497 g/mol. The predicted octanol–water partition coefficient (Wildman–Crippen LogP) is 0.974. The quantitative estimate of drug-likeness (QED) is 0.554. The number of nitrogens with one attached hydrogen (secondary N) is 1. The number of carbonyl (C=O) groups is 3.